The van der Waals surface area contributed by atoms with E-state index in [1.54, 1.807) is 66.8 Å². The number of hydrogen-bond acceptors (Lipinski definition) is 5. The Hall–Kier alpha value is -1.60. The highest BCUT2D eigenvalue weighted by atomic mass is 16.6. The Kier molecular flexibility index (Phi) is 5.82. The number of aliphatic hydroxyl groups is 1. The molecule has 0 saturated carbocycles. The second-order valence-corrected chi connectivity index (χ2v) is 7.41. The van der Waals surface area contributed by atoms with Crippen molar-refractivity contribution < 1.29 is 19.3 Å². The van der Waals surface area contributed by atoms with Gasteiger partial charge in [0.2, 0.25) is 0 Å². The lowest BCUT2D eigenvalue weighted by Gasteiger charge is -2.37. The Balaban J connectivity index is 2.59. The average Bonchev–Trinajstić information content (AvgIpc) is 2.34. The van der Waals surface area contributed by atoms with Gasteiger partial charge in [0.05, 0.1) is 11.2 Å². The SMILES string of the molecule is CC(C)(C)OC(=O)Nc1ccc([B]OC(C)(C)C(C)(C)O)cn1. The third-order valence-corrected chi connectivity index (χ3v) is 3.38. The number of ether oxygens (including phenoxy) is 1. The van der Waals surface area contributed by atoms with Gasteiger partial charge in [0.15, 0.2) is 0 Å². The summed E-state index contributed by atoms with van der Waals surface area (Å²) in [6, 6.07) is 3.40. The first kappa shape index (κ1) is 19.5. The summed E-state index contributed by atoms with van der Waals surface area (Å²) in [7, 11) is 1.53. The van der Waals surface area contributed by atoms with Crippen LogP contribution in [0.15, 0.2) is 18.3 Å². The molecule has 127 valence electrons. The van der Waals surface area contributed by atoms with Crippen molar-refractivity contribution in [3.05, 3.63) is 18.3 Å². The number of anilines is 1. The van der Waals surface area contributed by atoms with Crippen molar-refractivity contribution in [2.24, 2.45) is 0 Å². The Bertz CT molecular complexity index is 530. The maximum atomic E-state index is 11.6. The molecular formula is C16H26BN2O4. The molecule has 1 heterocycles. The van der Waals surface area contributed by atoms with Crippen LogP contribution in [0.25, 0.3) is 0 Å². The third kappa shape index (κ3) is 6.58. The largest absolute Gasteiger partial charge is 0.444 e. The fourth-order valence-electron chi connectivity index (χ4n) is 1.32. The van der Waals surface area contributed by atoms with Gasteiger partial charge < -0.3 is 14.5 Å². The molecule has 0 bridgehead atoms. The van der Waals surface area contributed by atoms with Gasteiger partial charge in [0.1, 0.15) is 11.4 Å². The standard InChI is InChI=1S/C16H26BN2O4/c1-14(2,3)22-13(20)19-12-9-8-11(10-18-12)17-23-16(6,7)15(4,5)21/h8-10,21H,1-7H3,(H,18,19,20). The lowest BCUT2D eigenvalue weighted by atomic mass is 9.83. The molecule has 0 fully saturated rings. The second kappa shape index (κ2) is 6.89. The zero-order valence-electron chi connectivity index (χ0n) is 14.9. The lowest BCUT2D eigenvalue weighted by Crippen LogP contribution is -2.49. The van der Waals surface area contributed by atoms with Crippen molar-refractivity contribution in [3.8, 4) is 0 Å². The third-order valence-electron chi connectivity index (χ3n) is 3.38. The van der Waals surface area contributed by atoms with Crippen LogP contribution in [0.5, 0.6) is 0 Å². The molecule has 1 radical (unpaired) electrons. The minimum Gasteiger partial charge on any atom is -0.444 e. The molecule has 1 aromatic heterocycles. The van der Waals surface area contributed by atoms with Gasteiger partial charge in [0.25, 0.3) is 0 Å². The van der Waals surface area contributed by atoms with E-state index < -0.39 is 22.9 Å². The number of nitrogens with zero attached hydrogens (tertiary/aromatic N) is 1. The van der Waals surface area contributed by atoms with Crippen LogP contribution in [-0.4, -0.2) is 40.5 Å². The van der Waals surface area contributed by atoms with E-state index in [0.717, 1.165) is 5.46 Å². The highest BCUT2D eigenvalue weighted by Gasteiger charge is 2.35. The minimum absolute atomic E-state index is 0.387. The van der Waals surface area contributed by atoms with Gasteiger partial charge in [-0.25, -0.2) is 9.78 Å². The van der Waals surface area contributed by atoms with Crippen LogP contribution >= 0.6 is 0 Å². The van der Waals surface area contributed by atoms with Crippen molar-refractivity contribution in [3.63, 3.8) is 0 Å². The molecule has 1 amide bonds. The van der Waals surface area contributed by atoms with E-state index in [1.807, 2.05) is 0 Å². The van der Waals surface area contributed by atoms with E-state index in [-0.39, 0.29) is 0 Å². The Morgan fingerprint density at radius 2 is 1.78 bits per heavy atom. The van der Waals surface area contributed by atoms with Crippen LogP contribution in [0.3, 0.4) is 0 Å². The van der Waals surface area contributed by atoms with Gasteiger partial charge in [-0.3, -0.25) is 5.32 Å². The molecule has 23 heavy (non-hydrogen) atoms. The summed E-state index contributed by atoms with van der Waals surface area (Å²) < 4.78 is 10.8. The van der Waals surface area contributed by atoms with Gasteiger partial charge in [-0.1, -0.05) is 6.07 Å². The fourth-order valence-corrected chi connectivity index (χ4v) is 1.32. The Morgan fingerprint density at radius 3 is 2.22 bits per heavy atom. The number of aromatic nitrogens is 1. The molecule has 0 aliphatic heterocycles. The van der Waals surface area contributed by atoms with Gasteiger partial charge >= 0.3 is 13.6 Å². The maximum absolute atomic E-state index is 11.6. The summed E-state index contributed by atoms with van der Waals surface area (Å²) in [6.07, 6.45) is 1.01. The van der Waals surface area contributed by atoms with E-state index in [0.29, 0.717) is 5.82 Å². The summed E-state index contributed by atoms with van der Waals surface area (Å²) >= 11 is 0. The van der Waals surface area contributed by atoms with Crippen molar-refractivity contribution >= 4 is 24.9 Å². The van der Waals surface area contributed by atoms with Crippen LogP contribution in [0, 0.1) is 0 Å². The van der Waals surface area contributed by atoms with Gasteiger partial charge in [-0.2, -0.15) is 0 Å². The molecule has 0 aliphatic rings. The lowest BCUT2D eigenvalue weighted by molar-refractivity contribution is -0.0893. The molecule has 0 unspecified atom stereocenters. The zero-order valence-corrected chi connectivity index (χ0v) is 14.9. The Labute approximate surface area is 138 Å². The number of nitrogens with one attached hydrogen (secondary N) is 1. The summed E-state index contributed by atoms with van der Waals surface area (Å²) in [4.78, 5) is 15.8. The number of hydrogen-bond donors (Lipinski definition) is 2. The molecule has 1 rings (SSSR count). The monoisotopic (exact) mass is 321 g/mol. The highest BCUT2D eigenvalue weighted by Crippen LogP contribution is 2.24. The first-order valence-electron chi connectivity index (χ1n) is 7.50. The van der Waals surface area contributed by atoms with E-state index in [9.17, 15) is 9.90 Å². The Morgan fingerprint density at radius 1 is 1.17 bits per heavy atom. The molecule has 1 aromatic rings. The predicted molar refractivity (Wildman–Crippen MR) is 90.9 cm³/mol. The minimum atomic E-state index is -0.991. The van der Waals surface area contributed by atoms with Crippen molar-refractivity contribution in [1.82, 2.24) is 4.98 Å². The number of rotatable bonds is 5. The van der Waals surface area contributed by atoms with Gasteiger partial charge in [-0.05, 0) is 60.0 Å². The molecule has 7 heteroatoms. The van der Waals surface area contributed by atoms with E-state index in [2.05, 4.69) is 10.3 Å². The first-order chi connectivity index (χ1) is 10.3. The average molecular weight is 321 g/mol. The van der Waals surface area contributed by atoms with Crippen molar-refractivity contribution in [2.45, 2.75) is 65.3 Å². The fraction of sp³-hybridized carbons (Fsp3) is 0.625. The molecule has 0 aliphatic carbocycles. The van der Waals surface area contributed by atoms with Crippen molar-refractivity contribution in [1.29, 1.82) is 0 Å². The normalized spacial score (nSPS) is 12.7. The smallest absolute Gasteiger partial charge is 0.413 e. The molecule has 0 aromatic carbocycles. The quantitative estimate of drug-likeness (QED) is 0.813. The molecule has 0 atom stereocenters. The number of pyridine rings is 1. The van der Waals surface area contributed by atoms with E-state index >= 15 is 0 Å². The molecule has 2 N–H and O–H groups in total. The number of amides is 1. The number of carbonyl (C=O) groups excluding carboxylic acids is 1. The predicted octanol–water partition coefficient (Wildman–Crippen LogP) is 2.24. The maximum Gasteiger partial charge on any atom is 0.413 e. The molecule has 0 spiro atoms. The summed E-state index contributed by atoms with van der Waals surface area (Å²) in [6.45, 7) is 12.4. The summed E-state index contributed by atoms with van der Waals surface area (Å²) in [5.74, 6) is 0.387. The topological polar surface area (TPSA) is 80.7 Å². The van der Waals surface area contributed by atoms with Gasteiger partial charge in [-0.15, -0.1) is 0 Å². The van der Waals surface area contributed by atoms with Crippen LogP contribution in [0.4, 0.5) is 10.6 Å². The summed E-state index contributed by atoms with van der Waals surface area (Å²) in [5.41, 5.74) is -1.58. The van der Waals surface area contributed by atoms with Gasteiger partial charge in [0, 0.05) is 6.20 Å². The van der Waals surface area contributed by atoms with Crippen LogP contribution < -0.4 is 10.8 Å². The molecular weight excluding hydrogens is 295 g/mol. The van der Waals surface area contributed by atoms with E-state index in [4.69, 9.17) is 9.39 Å². The van der Waals surface area contributed by atoms with E-state index in [1.165, 1.54) is 7.48 Å². The van der Waals surface area contributed by atoms with Crippen LogP contribution in [0.1, 0.15) is 48.5 Å². The first-order valence-corrected chi connectivity index (χ1v) is 7.50. The number of carbonyl (C=O) groups is 1. The summed E-state index contributed by atoms with van der Waals surface area (Å²) in [5, 5.41) is 12.6. The van der Waals surface area contributed by atoms with Crippen LogP contribution in [0.2, 0.25) is 0 Å². The van der Waals surface area contributed by atoms with Crippen LogP contribution in [-0.2, 0) is 9.39 Å². The molecule has 0 saturated heterocycles. The second-order valence-electron chi connectivity index (χ2n) is 7.41. The van der Waals surface area contributed by atoms with Crippen molar-refractivity contribution in [2.75, 3.05) is 5.32 Å². The highest BCUT2D eigenvalue weighted by molar-refractivity contribution is 6.46. The molecule has 6 nitrogen and oxygen atoms in total. The zero-order chi connectivity index (χ0) is 17.9.